The molecular weight excluding hydrogens is 283 g/mol. The van der Waals surface area contributed by atoms with E-state index in [0.29, 0.717) is 25.6 Å². The lowest BCUT2D eigenvalue weighted by molar-refractivity contribution is 0.115. The molecule has 4 heteroatoms. The van der Waals surface area contributed by atoms with Gasteiger partial charge in [0.2, 0.25) is 0 Å². The third-order valence-electron chi connectivity index (χ3n) is 3.41. The fourth-order valence-corrected chi connectivity index (χ4v) is 2.07. The first kappa shape index (κ1) is 18.9. The number of halogens is 1. The molecule has 0 bridgehead atoms. The first-order valence-corrected chi connectivity index (χ1v) is 8.25. The van der Waals surface area contributed by atoms with Gasteiger partial charge in [0.25, 0.3) is 0 Å². The predicted molar refractivity (Wildman–Crippen MR) is 86.8 cm³/mol. The van der Waals surface area contributed by atoms with E-state index in [1.165, 1.54) is 6.07 Å². The molecule has 3 nitrogen and oxygen atoms in total. The van der Waals surface area contributed by atoms with Gasteiger partial charge in [-0.1, -0.05) is 32.3 Å². The van der Waals surface area contributed by atoms with Crippen LogP contribution in [0.4, 0.5) is 4.39 Å². The van der Waals surface area contributed by atoms with Gasteiger partial charge in [-0.15, -0.1) is 0 Å². The molecular formula is C18H29FO3. The van der Waals surface area contributed by atoms with E-state index >= 15 is 0 Å². The minimum atomic E-state index is -0.309. The van der Waals surface area contributed by atoms with Crippen molar-refractivity contribution in [1.29, 1.82) is 0 Å². The monoisotopic (exact) mass is 312 g/mol. The maximum Gasteiger partial charge on any atom is 0.165 e. The van der Waals surface area contributed by atoms with E-state index < -0.39 is 0 Å². The molecule has 0 fully saturated rings. The van der Waals surface area contributed by atoms with E-state index in [0.717, 1.165) is 50.7 Å². The first-order valence-electron chi connectivity index (χ1n) is 8.25. The highest BCUT2D eigenvalue weighted by molar-refractivity contribution is 5.29. The third kappa shape index (κ3) is 8.35. The summed E-state index contributed by atoms with van der Waals surface area (Å²) in [6.07, 6.45) is 6.41. The van der Waals surface area contributed by atoms with Crippen LogP contribution >= 0.6 is 0 Å². The summed E-state index contributed by atoms with van der Waals surface area (Å²) in [6, 6.07) is 5.05. The summed E-state index contributed by atoms with van der Waals surface area (Å²) in [7, 11) is 1.72. The Balaban J connectivity index is 2.16. The molecule has 0 radical (unpaired) electrons. The summed E-state index contributed by atoms with van der Waals surface area (Å²) in [5, 5.41) is 0. The van der Waals surface area contributed by atoms with Gasteiger partial charge in [-0.05, 0) is 37.0 Å². The Morgan fingerprint density at radius 3 is 2.41 bits per heavy atom. The van der Waals surface area contributed by atoms with Crippen LogP contribution in [0, 0.1) is 5.82 Å². The zero-order chi connectivity index (χ0) is 16.0. The van der Waals surface area contributed by atoms with Gasteiger partial charge in [-0.2, -0.15) is 0 Å². The molecule has 0 saturated heterocycles. The minimum absolute atomic E-state index is 0.309. The molecule has 0 N–H and O–H groups in total. The van der Waals surface area contributed by atoms with E-state index in [-0.39, 0.29) is 5.82 Å². The second-order valence-electron chi connectivity index (χ2n) is 5.43. The maximum atomic E-state index is 13.8. The van der Waals surface area contributed by atoms with Gasteiger partial charge < -0.3 is 14.2 Å². The summed E-state index contributed by atoms with van der Waals surface area (Å²) in [4.78, 5) is 0. The highest BCUT2D eigenvalue weighted by Gasteiger charge is 2.05. The number of ether oxygens (including phenoxy) is 3. The molecule has 1 rings (SSSR count). The summed E-state index contributed by atoms with van der Waals surface area (Å²) < 4.78 is 29.8. The topological polar surface area (TPSA) is 27.7 Å². The fourth-order valence-electron chi connectivity index (χ4n) is 2.07. The number of benzene rings is 1. The highest BCUT2D eigenvalue weighted by Crippen LogP contribution is 2.19. The molecule has 1 aromatic rings. The number of unbranched alkanes of at least 4 members (excludes halogenated alkanes) is 4. The Kier molecular flexibility index (Phi) is 10.7. The van der Waals surface area contributed by atoms with Crippen LogP contribution in [0.5, 0.6) is 5.75 Å². The standard InChI is InChI=1S/C18H29FO3/c1-3-4-13-22-18-10-9-16(14-17(18)19)15-21-12-8-6-5-7-11-20-2/h9-10,14H,3-8,11-13,15H2,1-2H3. The molecule has 0 aliphatic rings. The van der Waals surface area contributed by atoms with Crippen LogP contribution in [0.2, 0.25) is 0 Å². The molecule has 0 spiro atoms. The average Bonchev–Trinajstić information content (AvgIpc) is 2.52. The van der Waals surface area contributed by atoms with E-state index in [1.807, 2.05) is 6.07 Å². The SMILES string of the molecule is CCCCOc1ccc(COCCCCCCOC)cc1F. The molecule has 0 saturated carbocycles. The van der Waals surface area contributed by atoms with Gasteiger partial charge in [0, 0.05) is 20.3 Å². The Labute approximate surface area is 133 Å². The number of hydrogen-bond donors (Lipinski definition) is 0. The van der Waals surface area contributed by atoms with Crippen LogP contribution in [0.25, 0.3) is 0 Å². The van der Waals surface area contributed by atoms with E-state index in [2.05, 4.69) is 6.92 Å². The van der Waals surface area contributed by atoms with Crippen molar-refractivity contribution in [2.24, 2.45) is 0 Å². The van der Waals surface area contributed by atoms with E-state index in [1.54, 1.807) is 13.2 Å². The number of rotatable bonds is 13. The lowest BCUT2D eigenvalue weighted by atomic mass is 10.2. The van der Waals surface area contributed by atoms with Crippen molar-refractivity contribution >= 4 is 0 Å². The van der Waals surface area contributed by atoms with Crippen molar-refractivity contribution in [1.82, 2.24) is 0 Å². The van der Waals surface area contributed by atoms with Gasteiger partial charge in [0.05, 0.1) is 13.2 Å². The fraction of sp³-hybridized carbons (Fsp3) is 0.667. The van der Waals surface area contributed by atoms with Gasteiger partial charge in [-0.25, -0.2) is 4.39 Å². The first-order chi connectivity index (χ1) is 10.8. The molecule has 0 aliphatic carbocycles. The Hall–Kier alpha value is -1.13. The van der Waals surface area contributed by atoms with Crippen LogP contribution in [0.3, 0.4) is 0 Å². The van der Waals surface area contributed by atoms with Crippen molar-refractivity contribution in [3.63, 3.8) is 0 Å². The Morgan fingerprint density at radius 1 is 0.955 bits per heavy atom. The van der Waals surface area contributed by atoms with Crippen LogP contribution in [-0.4, -0.2) is 26.9 Å². The average molecular weight is 312 g/mol. The normalized spacial score (nSPS) is 10.9. The van der Waals surface area contributed by atoms with E-state index in [9.17, 15) is 4.39 Å². The van der Waals surface area contributed by atoms with Gasteiger partial charge in [0.1, 0.15) is 0 Å². The Bertz CT molecular complexity index is 396. The molecule has 22 heavy (non-hydrogen) atoms. The molecule has 0 unspecified atom stereocenters. The lowest BCUT2D eigenvalue weighted by Gasteiger charge is -2.09. The smallest absolute Gasteiger partial charge is 0.165 e. The molecule has 0 aliphatic heterocycles. The quantitative estimate of drug-likeness (QED) is 0.493. The van der Waals surface area contributed by atoms with Gasteiger partial charge >= 0.3 is 0 Å². The second kappa shape index (κ2) is 12.4. The number of methoxy groups -OCH3 is 1. The van der Waals surface area contributed by atoms with Crippen molar-refractivity contribution in [2.45, 2.75) is 52.1 Å². The van der Waals surface area contributed by atoms with Crippen LogP contribution < -0.4 is 4.74 Å². The van der Waals surface area contributed by atoms with Crippen molar-refractivity contribution in [2.75, 3.05) is 26.9 Å². The highest BCUT2D eigenvalue weighted by atomic mass is 19.1. The van der Waals surface area contributed by atoms with Crippen LogP contribution in [0.15, 0.2) is 18.2 Å². The molecule has 126 valence electrons. The zero-order valence-electron chi connectivity index (χ0n) is 13.9. The Morgan fingerprint density at radius 2 is 1.73 bits per heavy atom. The third-order valence-corrected chi connectivity index (χ3v) is 3.41. The minimum Gasteiger partial charge on any atom is -0.491 e. The molecule has 1 aromatic carbocycles. The molecule has 0 atom stereocenters. The summed E-state index contributed by atoms with van der Waals surface area (Å²) in [5.41, 5.74) is 0.847. The summed E-state index contributed by atoms with van der Waals surface area (Å²) in [5.74, 6) is 0.0205. The lowest BCUT2D eigenvalue weighted by Crippen LogP contribution is -2.00. The molecule has 0 aromatic heterocycles. The van der Waals surface area contributed by atoms with Crippen molar-refractivity contribution < 1.29 is 18.6 Å². The maximum absolute atomic E-state index is 13.8. The summed E-state index contributed by atoms with van der Waals surface area (Å²) >= 11 is 0. The zero-order valence-corrected chi connectivity index (χ0v) is 13.9. The predicted octanol–water partition coefficient (Wildman–Crippen LogP) is 4.73. The van der Waals surface area contributed by atoms with E-state index in [4.69, 9.17) is 14.2 Å². The molecule has 0 amide bonds. The van der Waals surface area contributed by atoms with Crippen LogP contribution in [0.1, 0.15) is 51.0 Å². The van der Waals surface area contributed by atoms with Crippen molar-refractivity contribution in [3.05, 3.63) is 29.6 Å². The number of hydrogen-bond acceptors (Lipinski definition) is 3. The van der Waals surface area contributed by atoms with Gasteiger partial charge in [-0.3, -0.25) is 0 Å². The van der Waals surface area contributed by atoms with Crippen LogP contribution in [-0.2, 0) is 16.1 Å². The molecule has 0 heterocycles. The van der Waals surface area contributed by atoms with Gasteiger partial charge in [0.15, 0.2) is 11.6 Å². The summed E-state index contributed by atoms with van der Waals surface area (Å²) in [6.45, 7) is 4.63. The largest absolute Gasteiger partial charge is 0.491 e. The van der Waals surface area contributed by atoms with Crippen molar-refractivity contribution in [3.8, 4) is 5.75 Å². The second-order valence-corrected chi connectivity index (χ2v) is 5.43.